The van der Waals surface area contributed by atoms with E-state index in [1.165, 1.54) is 6.20 Å². The van der Waals surface area contributed by atoms with Gasteiger partial charge in [0, 0.05) is 6.04 Å². The van der Waals surface area contributed by atoms with Gasteiger partial charge >= 0.3 is 11.5 Å². The number of halogens is 1. The van der Waals surface area contributed by atoms with Crippen LogP contribution >= 0.6 is 15.9 Å². The topological polar surface area (TPSA) is 73.2 Å². The van der Waals surface area contributed by atoms with Gasteiger partial charge in [-0.3, -0.25) is 4.79 Å². The number of nitrogens with one attached hydrogen (secondary N) is 1. The second kappa shape index (κ2) is 5.55. The monoisotopic (exact) mass is 343 g/mol. The first kappa shape index (κ1) is 15.0. The standard InChI is InChI=1S/C13H18BrN3O3/c1-13(2,3)6-10(18)20-17-9(14)7-15-11(12(17)19)16-8-4-5-8/h7-8H,4-6H2,1-3H3,(H,15,16). The highest BCUT2D eigenvalue weighted by molar-refractivity contribution is 9.10. The first-order valence-electron chi connectivity index (χ1n) is 6.51. The van der Waals surface area contributed by atoms with Gasteiger partial charge in [0.1, 0.15) is 4.60 Å². The van der Waals surface area contributed by atoms with Crippen molar-refractivity contribution in [2.75, 3.05) is 5.32 Å². The van der Waals surface area contributed by atoms with Gasteiger partial charge in [0.25, 0.3) is 0 Å². The molecule has 1 aromatic heterocycles. The van der Waals surface area contributed by atoms with E-state index < -0.39 is 11.5 Å². The summed E-state index contributed by atoms with van der Waals surface area (Å²) in [6.45, 7) is 5.79. The number of carbonyl (C=O) groups is 1. The normalized spacial score (nSPS) is 15.0. The lowest BCUT2D eigenvalue weighted by Gasteiger charge is -2.17. The van der Waals surface area contributed by atoms with E-state index in [0.717, 1.165) is 17.6 Å². The number of carbonyl (C=O) groups excluding carboxylic acids is 1. The molecule has 1 aromatic rings. The minimum absolute atomic E-state index is 0.199. The maximum absolute atomic E-state index is 12.2. The minimum atomic E-state index is -0.464. The van der Waals surface area contributed by atoms with E-state index >= 15 is 0 Å². The van der Waals surface area contributed by atoms with Crippen LogP contribution in [0.2, 0.25) is 0 Å². The fourth-order valence-electron chi connectivity index (χ4n) is 1.59. The second-order valence-electron chi connectivity index (χ2n) is 6.15. The predicted molar refractivity (Wildman–Crippen MR) is 78.5 cm³/mol. The molecule has 0 aliphatic heterocycles. The molecule has 1 heterocycles. The van der Waals surface area contributed by atoms with E-state index in [9.17, 15) is 9.59 Å². The Bertz CT molecular complexity index is 573. The third-order valence-electron chi connectivity index (χ3n) is 2.67. The van der Waals surface area contributed by atoms with E-state index in [2.05, 4.69) is 26.2 Å². The van der Waals surface area contributed by atoms with Crippen LogP contribution in [0.5, 0.6) is 0 Å². The largest absolute Gasteiger partial charge is 0.363 e. The van der Waals surface area contributed by atoms with Crippen LogP contribution in [-0.4, -0.2) is 21.7 Å². The minimum Gasteiger partial charge on any atom is -0.363 e. The van der Waals surface area contributed by atoms with Crippen molar-refractivity contribution in [2.24, 2.45) is 5.41 Å². The number of nitrogens with zero attached hydrogens (tertiary/aromatic N) is 2. The van der Waals surface area contributed by atoms with Gasteiger partial charge in [-0.25, -0.2) is 9.78 Å². The zero-order valence-corrected chi connectivity index (χ0v) is 13.4. The summed E-state index contributed by atoms with van der Waals surface area (Å²) < 4.78 is 1.25. The lowest BCUT2D eigenvalue weighted by molar-refractivity contribution is -0.147. The van der Waals surface area contributed by atoms with Crippen molar-refractivity contribution >= 4 is 27.7 Å². The van der Waals surface area contributed by atoms with Gasteiger partial charge in [-0.15, -0.1) is 4.73 Å². The number of aromatic nitrogens is 2. The number of anilines is 1. The van der Waals surface area contributed by atoms with Crippen LogP contribution in [0.1, 0.15) is 40.0 Å². The molecule has 0 atom stereocenters. The molecule has 0 saturated heterocycles. The van der Waals surface area contributed by atoms with Gasteiger partial charge in [-0.1, -0.05) is 20.8 Å². The third-order valence-corrected chi connectivity index (χ3v) is 3.19. The Morgan fingerprint density at radius 2 is 2.20 bits per heavy atom. The van der Waals surface area contributed by atoms with Crippen molar-refractivity contribution in [3.63, 3.8) is 0 Å². The molecule has 7 heteroatoms. The Morgan fingerprint density at radius 3 is 2.75 bits per heavy atom. The molecule has 0 bridgehead atoms. The van der Waals surface area contributed by atoms with Crippen LogP contribution in [0.4, 0.5) is 5.82 Å². The van der Waals surface area contributed by atoms with E-state index in [4.69, 9.17) is 4.84 Å². The molecule has 2 rings (SSSR count). The molecule has 0 aromatic carbocycles. The van der Waals surface area contributed by atoms with Crippen molar-refractivity contribution in [1.29, 1.82) is 0 Å². The first-order valence-corrected chi connectivity index (χ1v) is 7.31. The molecule has 0 amide bonds. The maximum Gasteiger partial charge on any atom is 0.333 e. The molecule has 0 spiro atoms. The summed E-state index contributed by atoms with van der Waals surface area (Å²) >= 11 is 3.17. The number of hydrogen-bond donors (Lipinski definition) is 1. The molecule has 20 heavy (non-hydrogen) atoms. The highest BCUT2D eigenvalue weighted by Crippen LogP contribution is 2.22. The number of rotatable bonds is 4. The molecule has 6 nitrogen and oxygen atoms in total. The highest BCUT2D eigenvalue weighted by atomic mass is 79.9. The lowest BCUT2D eigenvalue weighted by Crippen LogP contribution is -2.35. The smallest absolute Gasteiger partial charge is 0.333 e. The summed E-state index contributed by atoms with van der Waals surface area (Å²) in [5, 5.41) is 3.02. The van der Waals surface area contributed by atoms with Gasteiger partial charge in [0.2, 0.25) is 0 Å². The van der Waals surface area contributed by atoms with Crippen LogP contribution < -0.4 is 15.7 Å². The van der Waals surface area contributed by atoms with Gasteiger partial charge in [-0.2, -0.15) is 0 Å². The summed E-state index contributed by atoms with van der Waals surface area (Å²) in [6.07, 6.45) is 3.72. The van der Waals surface area contributed by atoms with Crippen molar-refractivity contribution in [3.8, 4) is 0 Å². The quantitative estimate of drug-likeness (QED) is 0.904. The second-order valence-corrected chi connectivity index (χ2v) is 6.96. The molecular weight excluding hydrogens is 326 g/mol. The fourth-order valence-corrected chi connectivity index (χ4v) is 1.93. The van der Waals surface area contributed by atoms with E-state index in [1.54, 1.807) is 0 Å². The van der Waals surface area contributed by atoms with Crippen LogP contribution in [-0.2, 0) is 4.79 Å². The molecule has 1 N–H and O–H groups in total. The maximum atomic E-state index is 12.2. The van der Waals surface area contributed by atoms with Crippen molar-refractivity contribution in [3.05, 3.63) is 21.2 Å². The molecule has 1 saturated carbocycles. The average Bonchev–Trinajstić information content (AvgIpc) is 3.10. The summed E-state index contributed by atoms with van der Waals surface area (Å²) in [5.74, 6) is -0.247. The molecule has 0 radical (unpaired) electrons. The Kier molecular flexibility index (Phi) is 4.17. The van der Waals surface area contributed by atoms with Gasteiger partial charge in [0.15, 0.2) is 5.82 Å². The van der Waals surface area contributed by atoms with Crippen LogP contribution in [0.15, 0.2) is 15.6 Å². The van der Waals surface area contributed by atoms with Crippen molar-refractivity contribution < 1.29 is 9.63 Å². The number of hydrogen-bond acceptors (Lipinski definition) is 5. The van der Waals surface area contributed by atoms with Gasteiger partial charge in [-0.05, 0) is 34.2 Å². The molecule has 1 fully saturated rings. The average molecular weight is 344 g/mol. The van der Waals surface area contributed by atoms with E-state index in [-0.39, 0.29) is 17.7 Å². The summed E-state index contributed by atoms with van der Waals surface area (Å²) in [4.78, 5) is 33.2. The Hall–Kier alpha value is -1.37. The Balaban J connectivity index is 2.17. The SMILES string of the molecule is CC(C)(C)CC(=O)On1c(Br)cnc(NC2CC2)c1=O. The predicted octanol–water partition coefficient (Wildman–Crippen LogP) is 1.97. The van der Waals surface area contributed by atoms with Crippen LogP contribution in [0.25, 0.3) is 0 Å². The molecule has 110 valence electrons. The van der Waals surface area contributed by atoms with Crippen LogP contribution in [0, 0.1) is 5.41 Å². The van der Waals surface area contributed by atoms with E-state index in [0.29, 0.717) is 10.6 Å². The third kappa shape index (κ3) is 4.06. The molecule has 1 aliphatic rings. The van der Waals surface area contributed by atoms with Gasteiger partial charge in [0.05, 0.1) is 12.6 Å². The molecular formula is C13H18BrN3O3. The first-order chi connectivity index (χ1) is 9.26. The molecule has 0 unspecified atom stereocenters. The fraction of sp³-hybridized carbons (Fsp3) is 0.615. The van der Waals surface area contributed by atoms with E-state index in [1.807, 2.05) is 20.8 Å². The van der Waals surface area contributed by atoms with Crippen molar-refractivity contribution in [1.82, 2.24) is 9.71 Å². The van der Waals surface area contributed by atoms with Gasteiger partial charge < -0.3 is 10.2 Å². The summed E-state index contributed by atoms with van der Waals surface area (Å²) in [5.41, 5.74) is -0.663. The summed E-state index contributed by atoms with van der Waals surface area (Å²) in [7, 11) is 0. The van der Waals surface area contributed by atoms with Crippen LogP contribution in [0.3, 0.4) is 0 Å². The Labute approximate surface area is 125 Å². The summed E-state index contributed by atoms with van der Waals surface area (Å²) in [6, 6.07) is 0.301. The Morgan fingerprint density at radius 1 is 1.55 bits per heavy atom. The lowest BCUT2D eigenvalue weighted by atomic mass is 9.93. The highest BCUT2D eigenvalue weighted by Gasteiger charge is 2.24. The van der Waals surface area contributed by atoms with Crippen molar-refractivity contribution in [2.45, 2.75) is 46.1 Å². The zero-order valence-electron chi connectivity index (χ0n) is 11.8. The zero-order chi connectivity index (χ0) is 14.9. The molecule has 1 aliphatic carbocycles.